The molecule has 0 radical (unpaired) electrons. The van der Waals surface area contributed by atoms with Crippen LogP contribution in [0.2, 0.25) is 5.02 Å². The standard InChI is InChI=1S/C10H10ClN5O2/c1-6(9-12-2-3-13-9)15-10-8(11)4-7(5-14-10)16(17)18/h2-6H,1H3,(H,12,13)(H,14,15). The van der Waals surface area contributed by atoms with E-state index in [2.05, 4.69) is 20.3 Å². The SMILES string of the molecule is CC(Nc1ncc([N+](=O)[O-])cc1Cl)c1ncc[nH]1. The molecule has 0 aliphatic heterocycles. The number of nitrogens with zero attached hydrogens (tertiary/aromatic N) is 3. The second-order valence-corrected chi connectivity index (χ2v) is 4.03. The van der Waals surface area contributed by atoms with Gasteiger partial charge < -0.3 is 10.3 Å². The molecule has 1 atom stereocenters. The van der Waals surface area contributed by atoms with E-state index in [0.29, 0.717) is 5.82 Å². The lowest BCUT2D eigenvalue weighted by molar-refractivity contribution is -0.385. The van der Waals surface area contributed by atoms with Crippen molar-refractivity contribution in [2.24, 2.45) is 0 Å². The highest BCUT2D eigenvalue weighted by Crippen LogP contribution is 2.26. The van der Waals surface area contributed by atoms with E-state index >= 15 is 0 Å². The van der Waals surface area contributed by atoms with Crippen LogP contribution in [0.3, 0.4) is 0 Å². The third kappa shape index (κ3) is 2.57. The van der Waals surface area contributed by atoms with Gasteiger partial charge in [-0.2, -0.15) is 0 Å². The number of hydrogen-bond acceptors (Lipinski definition) is 5. The van der Waals surface area contributed by atoms with Crippen LogP contribution in [-0.4, -0.2) is 19.9 Å². The first kappa shape index (κ1) is 12.3. The predicted octanol–water partition coefficient (Wildman–Crippen LogP) is 2.54. The Kier molecular flexibility index (Phi) is 3.42. The molecule has 18 heavy (non-hydrogen) atoms. The van der Waals surface area contributed by atoms with Crippen molar-refractivity contribution in [2.75, 3.05) is 5.32 Å². The molecule has 1 unspecified atom stereocenters. The van der Waals surface area contributed by atoms with Gasteiger partial charge in [-0.05, 0) is 6.92 Å². The Morgan fingerprint density at radius 3 is 2.89 bits per heavy atom. The average Bonchev–Trinajstić information content (AvgIpc) is 2.85. The predicted molar refractivity (Wildman–Crippen MR) is 66.5 cm³/mol. The topological polar surface area (TPSA) is 96.7 Å². The Morgan fingerprint density at radius 2 is 2.33 bits per heavy atom. The molecular formula is C10H10ClN5O2. The number of nitrogens with one attached hydrogen (secondary N) is 2. The van der Waals surface area contributed by atoms with Crippen LogP contribution < -0.4 is 5.32 Å². The molecule has 0 aliphatic carbocycles. The van der Waals surface area contributed by atoms with Crippen LogP contribution in [-0.2, 0) is 0 Å². The molecule has 0 spiro atoms. The van der Waals surface area contributed by atoms with Crippen LogP contribution in [0.5, 0.6) is 0 Å². The van der Waals surface area contributed by atoms with Gasteiger partial charge in [-0.25, -0.2) is 9.97 Å². The zero-order valence-corrected chi connectivity index (χ0v) is 10.2. The third-order valence-corrected chi connectivity index (χ3v) is 2.61. The summed E-state index contributed by atoms with van der Waals surface area (Å²) in [4.78, 5) is 21.0. The summed E-state index contributed by atoms with van der Waals surface area (Å²) in [6.07, 6.45) is 4.50. The number of hydrogen-bond donors (Lipinski definition) is 2. The minimum Gasteiger partial charge on any atom is -0.359 e. The number of rotatable bonds is 4. The number of pyridine rings is 1. The van der Waals surface area contributed by atoms with Crippen LogP contribution >= 0.6 is 11.6 Å². The highest BCUT2D eigenvalue weighted by atomic mass is 35.5. The second kappa shape index (κ2) is 5.01. The zero-order chi connectivity index (χ0) is 13.1. The first-order chi connectivity index (χ1) is 8.58. The molecule has 7 nitrogen and oxygen atoms in total. The molecule has 94 valence electrons. The van der Waals surface area contributed by atoms with Gasteiger partial charge in [0.1, 0.15) is 17.8 Å². The largest absolute Gasteiger partial charge is 0.359 e. The van der Waals surface area contributed by atoms with Gasteiger partial charge in [0.2, 0.25) is 0 Å². The summed E-state index contributed by atoms with van der Waals surface area (Å²) in [5.74, 6) is 1.11. The number of nitro groups is 1. The van der Waals surface area contributed by atoms with Crippen molar-refractivity contribution in [3.05, 3.63) is 45.6 Å². The monoisotopic (exact) mass is 267 g/mol. The van der Waals surface area contributed by atoms with Crippen molar-refractivity contribution in [2.45, 2.75) is 13.0 Å². The quantitative estimate of drug-likeness (QED) is 0.655. The second-order valence-electron chi connectivity index (χ2n) is 3.62. The van der Waals surface area contributed by atoms with Gasteiger partial charge in [-0.1, -0.05) is 11.6 Å². The van der Waals surface area contributed by atoms with Crippen molar-refractivity contribution in [3.8, 4) is 0 Å². The molecule has 2 heterocycles. The van der Waals surface area contributed by atoms with Crippen molar-refractivity contribution in [3.63, 3.8) is 0 Å². The average molecular weight is 268 g/mol. The van der Waals surface area contributed by atoms with E-state index in [4.69, 9.17) is 11.6 Å². The van der Waals surface area contributed by atoms with Crippen LogP contribution in [0.1, 0.15) is 18.8 Å². The number of aromatic nitrogens is 3. The number of halogens is 1. The summed E-state index contributed by atoms with van der Waals surface area (Å²) < 4.78 is 0. The van der Waals surface area contributed by atoms with E-state index in [1.165, 1.54) is 6.07 Å². The van der Waals surface area contributed by atoms with Gasteiger partial charge in [0.05, 0.1) is 16.0 Å². The van der Waals surface area contributed by atoms with E-state index in [0.717, 1.165) is 12.0 Å². The molecule has 0 saturated heterocycles. The number of H-pyrrole nitrogens is 1. The normalized spacial score (nSPS) is 12.1. The Labute approximate surface area is 107 Å². The summed E-state index contributed by atoms with van der Waals surface area (Å²) in [5.41, 5.74) is -0.142. The van der Waals surface area contributed by atoms with Gasteiger partial charge in [0, 0.05) is 18.5 Å². The van der Waals surface area contributed by atoms with Crippen LogP contribution in [0.4, 0.5) is 11.5 Å². The van der Waals surface area contributed by atoms with E-state index < -0.39 is 4.92 Å². The van der Waals surface area contributed by atoms with Crippen LogP contribution in [0.25, 0.3) is 0 Å². The maximum absolute atomic E-state index is 10.5. The Bertz CT molecular complexity index is 557. The lowest BCUT2D eigenvalue weighted by Crippen LogP contribution is -2.10. The smallest absolute Gasteiger partial charge is 0.289 e. The van der Waals surface area contributed by atoms with Gasteiger partial charge >= 0.3 is 0 Å². The number of anilines is 1. The summed E-state index contributed by atoms with van der Waals surface area (Å²) in [5, 5.41) is 13.8. The lowest BCUT2D eigenvalue weighted by Gasteiger charge is -2.12. The minimum absolute atomic E-state index is 0.133. The first-order valence-corrected chi connectivity index (χ1v) is 5.51. The molecule has 0 bridgehead atoms. The van der Waals surface area contributed by atoms with Crippen molar-refractivity contribution in [1.29, 1.82) is 0 Å². The zero-order valence-electron chi connectivity index (χ0n) is 9.42. The number of imidazole rings is 1. The Morgan fingerprint density at radius 1 is 1.56 bits per heavy atom. The van der Waals surface area contributed by atoms with Gasteiger partial charge in [0.15, 0.2) is 0 Å². The fourth-order valence-electron chi connectivity index (χ4n) is 1.42. The maximum Gasteiger partial charge on any atom is 0.289 e. The molecule has 2 aromatic rings. The van der Waals surface area contributed by atoms with Crippen molar-refractivity contribution in [1.82, 2.24) is 15.0 Å². The van der Waals surface area contributed by atoms with Gasteiger partial charge in [-0.3, -0.25) is 10.1 Å². The first-order valence-electron chi connectivity index (χ1n) is 5.13. The molecule has 0 fully saturated rings. The maximum atomic E-state index is 10.5. The molecule has 2 rings (SSSR count). The van der Waals surface area contributed by atoms with E-state index in [1.54, 1.807) is 12.4 Å². The van der Waals surface area contributed by atoms with E-state index in [-0.39, 0.29) is 16.8 Å². The molecule has 2 N–H and O–H groups in total. The number of aromatic amines is 1. The van der Waals surface area contributed by atoms with Crippen molar-refractivity contribution >= 4 is 23.1 Å². The van der Waals surface area contributed by atoms with E-state index in [9.17, 15) is 10.1 Å². The molecule has 0 aromatic carbocycles. The molecule has 0 saturated carbocycles. The van der Waals surface area contributed by atoms with Gasteiger partial charge in [0.25, 0.3) is 5.69 Å². The molecular weight excluding hydrogens is 258 g/mol. The summed E-state index contributed by atoms with van der Waals surface area (Å²) >= 11 is 5.92. The summed E-state index contributed by atoms with van der Waals surface area (Å²) in [6, 6.07) is 1.12. The minimum atomic E-state index is -0.543. The van der Waals surface area contributed by atoms with Crippen molar-refractivity contribution < 1.29 is 4.92 Å². The molecule has 0 amide bonds. The fourth-order valence-corrected chi connectivity index (χ4v) is 1.64. The molecule has 2 aromatic heterocycles. The molecule has 0 aliphatic rings. The van der Waals surface area contributed by atoms with Gasteiger partial charge in [-0.15, -0.1) is 0 Å². The summed E-state index contributed by atoms with van der Waals surface area (Å²) in [6.45, 7) is 1.87. The summed E-state index contributed by atoms with van der Waals surface area (Å²) in [7, 11) is 0. The highest BCUT2D eigenvalue weighted by molar-refractivity contribution is 6.33. The highest BCUT2D eigenvalue weighted by Gasteiger charge is 2.14. The third-order valence-electron chi connectivity index (χ3n) is 2.32. The van der Waals surface area contributed by atoms with Crippen LogP contribution in [0, 0.1) is 10.1 Å². The lowest BCUT2D eigenvalue weighted by atomic mass is 10.3. The molecule has 8 heteroatoms. The van der Waals surface area contributed by atoms with Crippen LogP contribution in [0.15, 0.2) is 24.7 Å². The Hall–Kier alpha value is -2.15. The van der Waals surface area contributed by atoms with E-state index in [1.807, 2.05) is 6.92 Å². The Balaban J connectivity index is 2.17. The fraction of sp³-hybridized carbons (Fsp3) is 0.200.